The van der Waals surface area contributed by atoms with Crippen molar-refractivity contribution in [1.82, 2.24) is 10.3 Å². The number of hydrogen-bond donors (Lipinski definition) is 1. The van der Waals surface area contributed by atoms with Crippen LogP contribution in [0.5, 0.6) is 0 Å². The Kier molecular flexibility index (Phi) is 5.80. The molecule has 0 amide bonds. The number of hydrogen-bond acceptors (Lipinski definition) is 4. The minimum atomic E-state index is 0.505. The standard InChI is InChI=1S/C16H27N3O/c1-13(2)17-10-15-4-5-16(18-11-15)19(3)12-14-6-8-20-9-7-14/h4-5,11,13-14,17H,6-10,12H2,1-3H3. The van der Waals surface area contributed by atoms with E-state index in [1.54, 1.807) is 0 Å². The van der Waals surface area contributed by atoms with Crippen LogP contribution in [0.15, 0.2) is 18.3 Å². The second-order valence-corrected chi connectivity index (χ2v) is 6.00. The van der Waals surface area contributed by atoms with Gasteiger partial charge >= 0.3 is 0 Å². The van der Waals surface area contributed by atoms with Crippen LogP contribution < -0.4 is 10.2 Å². The van der Waals surface area contributed by atoms with Gasteiger partial charge in [0, 0.05) is 45.6 Å². The Labute approximate surface area is 122 Å². The molecule has 1 saturated heterocycles. The third kappa shape index (κ3) is 4.76. The van der Waals surface area contributed by atoms with Gasteiger partial charge < -0.3 is 15.0 Å². The van der Waals surface area contributed by atoms with Gasteiger partial charge in [-0.15, -0.1) is 0 Å². The molecule has 1 aliphatic heterocycles. The summed E-state index contributed by atoms with van der Waals surface area (Å²) in [6.07, 6.45) is 4.31. The van der Waals surface area contributed by atoms with E-state index in [1.807, 2.05) is 6.20 Å². The van der Waals surface area contributed by atoms with Crippen molar-refractivity contribution in [2.24, 2.45) is 5.92 Å². The lowest BCUT2D eigenvalue weighted by molar-refractivity contribution is 0.0685. The van der Waals surface area contributed by atoms with Crippen LogP contribution in [0.25, 0.3) is 0 Å². The quantitative estimate of drug-likeness (QED) is 0.866. The molecule has 0 spiro atoms. The number of rotatable bonds is 6. The van der Waals surface area contributed by atoms with Crippen LogP contribution in [0, 0.1) is 5.92 Å². The van der Waals surface area contributed by atoms with E-state index in [4.69, 9.17) is 4.74 Å². The smallest absolute Gasteiger partial charge is 0.128 e. The van der Waals surface area contributed by atoms with Crippen LogP contribution >= 0.6 is 0 Å². The van der Waals surface area contributed by atoms with Crippen LogP contribution in [0.3, 0.4) is 0 Å². The van der Waals surface area contributed by atoms with Crippen LogP contribution in [-0.2, 0) is 11.3 Å². The van der Waals surface area contributed by atoms with Crippen molar-refractivity contribution in [1.29, 1.82) is 0 Å². The number of ether oxygens (including phenoxy) is 1. The van der Waals surface area contributed by atoms with Gasteiger partial charge in [0.15, 0.2) is 0 Å². The molecule has 2 heterocycles. The minimum Gasteiger partial charge on any atom is -0.381 e. The zero-order chi connectivity index (χ0) is 14.4. The van der Waals surface area contributed by atoms with E-state index < -0.39 is 0 Å². The normalized spacial score (nSPS) is 16.6. The summed E-state index contributed by atoms with van der Waals surface area (Å²) in [6, 6.07) is 4.79. The number of aromatic nitrogens is 1. The zero-order valence-corrected chi connectivity index (χ0v) is 12.9. The van der Waals surface area contributed by atoms with Crippen LogP contribution in [0.1, 0.15) is 32.3 Å². The summed E-state index contributed by atoms with van der Waals surface area (Å²) >= 11 is 0. The van der Waals surface area contributed by atoms with Gasteiger partial charge in [0.25, 0.3) is 0 Å². The summed E-state index contributed by atoms with van der Waals surface area (Å²) < 4.78 is 5.41. The molecule has 20 heavy (non-hydrogen) atoms. The van der Waals surface area contributed by atoms with Gasteiger partial charge in [-0.3, -0.25) is 0 Å². The number of nitrogens with one attached hydrogen (secondary N) is 1. The van der Waals surface area contributed by atoms with E-state index >= 15 is 0 Å². The van der Waals surface area contributed by atoms with Crippen molar-refractivity contribution in [3.8, 4) is 0 Å². The molecule has 2 rings (SSSR count). The maximum atomic E-state index is 5.41. The molecule has 4 nitrogen and oxygen atoms in total. The van der Waals surface area contributed by atoms with Gasteiger partial charge in [-0.1, -0.05) is 19.9 Å². The molecule has 0 saturated carbocycles. The first-order valence-corrected chi connectivity index (χ1v) is 7.62. The molecule has 112 valence electrons. The third-order valence-corrected chi connectivity index (χ3v) is 3.79. The highest BCUT2D eigenvalue weighted by molar-refractivity contribution is 5.38. The van der Waals surface area contributed by atoms with E-state index in [1.165, 1.54) is 18.4 Å². The van der Waals surface area contributed by atoms with Crippen molar-refractivity contribution >= 4 is 5.82 Å². The second-order valence-electron chi connectivity index (χ2n) is 6.00. The predicted molar refractivity (Wildman–Crippen MR) is 83.0 cm³/mol. The van der Waals surface area contributed by atoms with Gasteiger partial charge in [-0.05, 0) is 30.4 Å². The molecule has 1 aliphatic rings. The summed E-state index contributed by atoms with van der Waals surface area (Å²) in [4.78, 5) is 6.84. The summed E-state index contributed by atoms with van der Waals surface area (Å²) in [5, 5.41) is 3.41. The van der Waals surface area contributed by atoms with Crippen molar-refractivity contribution in [2.75, 3.05) is 31.7 Å². The van der Waals surface area contributed by atoms with E-state index in [0.29, 0.717) is 6.04 Å². The van der Waals surface area contributed by atoms with E-state index in [-0.39, 0.29) is 0 Å². The SMILES string of the molecule is CC(C)NCc1ccc(N(C)CC2CCOCC2)nc1. The van der Waals surface area contributed by atoms with E-state index in [2.05, 4.69) is 48.2 Å². The topological polar surface area (TPSA) is 37.4 Å². The van der Waals surface area contributed by atoms with Gasteiger partial charge in [-0.2, -0.15) is 0 Å². The highest BCUT2D eigenvalue weighted by Gasteiger charge is 2.16. The Hall–Kier alpha value is -1.13. The fraction of sp³-hybridized carbons (Fsp3) is 0.688. The molecule has 0 radical (unpaired) electrons. The predicted octanol–water partition coefficient (Wildman–Crippen LogP) is 2.44. The van der Waals surface area contributed by atoms with E-state index in [0.717, 1.165) is 38.0 Å². The molecule has 0 bridgehead atoms. The Bertz CT molecular complexity index is 385. The number of pyridine rings is 1. The first-order valence-electron chi connectivity index (χ1n) is 7.62. The van der Waals surface area contributed by atoms with Gasteiger partial charge in [0.2, 0.25) is 0 Å². The Balaban J connectivity index is 1.84. The third-order valence-electron chi connectivity index (χ3n) is 3.79. The molecule has 1 aromatic rings. The lowest BCUT2D eigenvalue weighted by Gasteiger charge is -2.27. The van der Waals surface area contributed by atoms with Crippen LogP contribution in [-0.4, -0.2) is 37.8 Å². The summed E-state index contributed by atoms with van der Waals surface area (Å²) in [7, 11) is 2.13. The molecule has 1 N–H and O–H groups in total. The average molecular weight is 277 g/mol. The Morgan fingerprint density at radius 3 is 2.70 bits per heavy atom. The Morgan fingerprint density at radius 1 is 1.35 bits per heavy atom. The van der Waals surface area contributed by atoms with Crippen molar-refractivity contribution < 1.29 is 4.74 Å². The molecular weight excluding hydrogens is 250 g/mol. The van der Waals surface area contributed by atoms with Crippen molar-refractivity contribution in [2.45, 2.75) is 39.3 Å². The summed E-state index contributed by atoms with van der Waals surface area (Å²) in [5.41, 5.74) is 1.24. The second kappa shape index (κ2) is 7.60. The molecular formula is C16H27N3O. The molecule has 1 fully saturated rings. The largest absolute Gasteiger partial charge is 0.381 e. The van der Waals surface area contributed by atoms with Crippen LogP contribution in [0.4, 0.5) is 5.82 Å². The molecule has 0 unspecified atom stereocenters. The molecule has 0 atom stereocenters. The van der Waals surface area contributed by atoms with Gasteiger partial charge in [0.05, 0.1) is 0 Å². The lowest BCUT2D eigenvalue weighted by Crippen LogP contribution is -2.30. The monoisotopic (exact) mass is 277 g/mol. The first-order chi connectivity index (χ1) is 9.65. The van der Waals surface area contributed by atoms with Crippen molar-refractivity contribution in [3.63, 3.8) is 0 Å². The van der Waals surface area contributed by atoms with Gasteiger partial charge in [0.1, 0.15) is 5.82 Å². The fourth-order valence-electron chi connectivity index (χ4n) is 2.48. The molecule has 0 aromatic carbocycles. The highest BCUT2D eigenvalue weighted by atomic mass is 16.5. The molecule has 1 aromatic heterocycles. The molecule has 4 heteroatoms. The lowest BCUT2D eigenvalue weighted by atomic mass is 10.00. The maximum Gasteiger partial charge on any atom is 0.128 e. The van der Waals surface area contributed by atoms with Crippen LogP contribution in [0.2, 0.25) is 0 Å². The minimum absolute atomic E-state index is 0.505. The first kappa shape index (κ1) is 15.3. The van der Waals surface area contributed by atoms with Gasteiger partial charge in [-0.25, -0.2) is 4.98 Å². The van der Waals surface area contributed by atoms with Crippen molar-refractivity contribution in [3.05, 3.63) is 23.9 Å². The average Bonchev–Trinajstić information content (AvgIpc) is 2.46. The highest BCUT2D eigenvalue weighted by Crippen LogP contribution is 2.18. The van der Waals surface area contributed by atoms with E-state index in [9.17, 15) is 0 Å². The number of nitrogens with zero attached hydrogens (tertiary/aromatic N) is 2. The Morgan fingerprint density at radius 2 is 2.10 bits per heavy atom. The molecule has 0 aliphatic carbocycles. The maximum absolute atomic E-state index is 5.41. The summed E-state index contributed by atoms with van der Waals surface area (Å²) in [6.45, 7) is 8.08. The number of anilines is 1. The summed E-state index contributed by atoms with van der Waals surface area (Å²) in [5.74, 6) is 1.79. The zero-order valence-electron chi connectivity index (χ0n) is 12.9. The fourth-order valence-corrected chi connectivity index (χ4v) is 2.48.